The van der Waals surface area contributed by atoms with Crippen molar-refractivity contribution in [1.29, 1.82) is 0 Å². The minimum atomic E-state index is -2.75. The fraction of sp³-hybridized carbons (Fsp3) is 0.571. The molecule has 5 nitrogen and oxygen atoms in total. The van der Waals surface area contributed by atoms with Gasteiger partial charge in [0, 0.05) is 29.4 Å². The van der Waals surface area contributed by atoms with Gasteiger partial charge < -0.3 is 10.6 Å². The van der Waals surface area contributed by atoms with Gasteiger partial charge in [-0.2, -0.15) is 0 Å². The number of halogens is 2. The highest BCUT2D eigenvalue weighted by Gasteiger charge is 2.23. The molecule has 1 fully saturated rings. The zero-order valence-electron chi connectivity index (χ0n) is 11.8. The maximum atomic E-state index is 13.1. The lowest BCUT2D eigenvalue weighted by molar-refractivity contribution is -0.385. The minimum Gasteiger partial charge on any atom is -0.382 e. The average Bonchev–Trinajstić information content (AvgIpc) is 2.48. The third-order valence-corrected chi connectivity index (χ3v) is 3.91. The lowest BCUT2D eigenvalue weighted by Crippen LogP contribution is -2.38. The lowest BCUT2D eigenvalue weighted by atomic mass is 9.92. The number of nitro groups is 1. The van der Waals surface area contributed by atoms with Crippen molar-refractivity contribution in [3.05, 3.63) is 33.9 Å². The van der Waals surface area contributed by atoms with E-state index in [-0.39, 0.29) is 23.0 Å². The number of anilines is 1. The van der Waals surface area contributed by atoms with Crippen LogP contribution >= 0.6 is 0 Å². The van der Waals surface area contributed by atoms with Crippen molar-refractivity contribution in [2.75, 3.05) is 18.4 Å². The zero-order chi connectivity index (χ0) is 15.4. The molecule has 0 aliphatic carbocycles. The minimum absolute atomic E-state index is 0.0248. The van der Waals surface area contributed by atoms with E-state index in [0.29, 0.717) is 5.92 Å². The summed E-state index contributed by atoms with van der Waals surface area (Å²) in [4.78, 5) is 10.0. The molecule has 1 aliphatic rings. The van der Waals surface area contributed by atoms with E-state index in [1.165, 1.54) is 12.1 Å². The van der Waals surface area contributed by atoms with Gasteiger partial charge in [0.2, 0.25) is 0 Å². The molecule has 2 rings (SSSR count). The van der Waals surface area contributed by atoms with Crippen LogP contribution in [0.15, 0.2) is 18.2 Å². The summed E-state index contributed by atoms with van der Waals surface area (Å²) >= 11 is 0. The van der Waals surface area contributed by atoms with Gasteiger partial charge in [-0.1, -0.05) is 0 Å². The molecule has 1 aromatic carbocycles. The molecule has 2 unspecified atom stereocenters. The molecule has 116 valence electrons. The molecular weight excluding hydrogens is 280 g/mol. The first-order valence-corrected chi connectivity index (χ1v) is 7.02. The highest BCUT2D eigenvalue weighted by molar-refractivity contribution is 5.57. The third-order valence-electron chi connectivity index (χ3n) is 3.91. The van der Waals surface area contributed by atoms with Crippen molar-refractivity contribution in [3.8, 4) is 0 Å². The van der Waals surface area contributed by atoms with Crippen LogP contribution in [0.25, 0.3) is 0 Å². The Morgan fingerprint density at radius 2 is 2.24 bits per heavy atom. The topological polar surface area (TPSA) is 67.2 Å². The predicted octanol–water partition coefficient (Wildman–Crippen LogP) is 3.33. The zero-order valence-corrected chi connectivity index (χ0v) is 11.8. The summed E-state index contributed by atoms with van der Waals surface area (Å²) in [5.74, 6) is 0.361. The van der Waals surface area contributed by atoms with Gasteiger partial charge in [0.15, 0.2) is 0 Å². The van der Waals surface area contributed by atoms with Crippen LogP contribution in [0.4, 0.5) is 20.2 Å². The molecule has 0 radical (unpaired) electrons. The number of piperidine rings is 1. The van der Waals surface area contributed by atoms with E-state index in [0.717, 1.165) is 32.0 Å². The number of hydrogen-bond acceptors (Lipinski definition) is 4. The fourth-order valence-electron chi connectivity index (χ4n) is 2.64. The number of benzene rings is 1. The smallest absolute Gasteiger partial charge is 0.270 e. The molecule has 21 heavy (non-hydrogen) atoms. The quantitative estimate of drug-likeness (QED) is 0.646. The van der Waals surface area contributed by atoms with Gasteiger partial charge in [-0.05, 0) is 44.8 Å². The van der Waals surface area contributed by atoms with E-state index < -0.39 is 11.3 Å². The number of alkyl halides is 2. The Labute approximate surface area is 121 Å². The number of nitrogens with one attached hydrogen (secondary N) is 2. The summed E-state index contributed by atoms with van der Waals surface area (Å²) in [6, 6.07) is 3.59. The Morgan fingerprint density at radius 3 is 2.81 bits per heavy atom. The highest BCUT2D eigenvalue weighted by Crippen LogP contribution is 2.32. The van der Waals surface area contributed by atoms with Crippen molar-refractivity contribution >= 4 is 11.4 Å². The molecule has 7 heteroatoms. The second-order valence-electron chi connectivity index (χ2n) is 5.37. The predicted molar refractivity (Wildman–Crippen MR) is 76.7 cm³/mol. The molecule has 0 amide bonds. The molecule has 1 heterocycles. The van der Waals surface area contributed by atoms with Crippen LogP contribution in [-0.4, -0.2) is 24.1 Å². The van der Waals surface area contributed by atoms with E-state index in [1.54, 1.807) is 0 Å². The Hall–Kier alpha value is -1.76. The number of rotatable bonds is 5. The molecular formula is C14H19F2N3O2. The highest BCUT2D eigenvalue weighted by atomic mass is 19.3. The van der Waals surface area contributed by atoms with E-state index in [4.69, 9.17) is 0 Å². The maximum absolute atomic E-state index is 13.1. The summed E-state index contributed by atoms with van der Waals surface area (Å²) < 4.78 is 26.2. The first kappa shape index (κ1) is 15.6. The van der Waals surface area contributed by atoms with Gasteiger partial charge in [0.05, 0.1) is 4.92 Å². The van der Waals surface area contributed by atoms with Crippen LogP contribution in [0.5, 0.6) is 0 Å². The first-order chi connectivity index (χ1) is 9.99. The average molecular weight is 299 g/mol. The van der Waals surface area contributed by atoms with Gasteiger partial charge in [0.1, 0.15) is 0 Å². The summed E-state index contributed by atoms with van der Waals surface area (Å²) in [7, 11) is 0. The van der Waals surface area contributed by atoms with E-state index in [2.05, 4.69) is 10.6 Å². The summed E-state index contributed by atoms with van der Waals surface area (Å²) in [6.45, 7) is 3.79. The van der Waals surface area contributed by atoms with Crippen LogP contribution in [-0.2, 0) is 0 Å². The first-order valence-electron chi connectivity index (χ1n) is 7.02. The molecule has 1 aliphatic heterocycles. The van der Waals surface area contributed by atoms with Crippen molar-refractivity contribution in [3.63, 3.8) is 0 Å². The van der Waals surface area contributed by atoms with Crippen molar-refractivity contribution < 1.29 is 13.7 Å². The normalized spacial score (nSPS) is 20.3. The molecule has 1 aromatic rings. The van der Waals surface area contributed by atoms with Crippen LogP contribution < -0.4 is 10.6 Å². The standard InChI is InChI=1S/C14H19F2N3O2/c1-9(10-3-2-6-17-8-10)18-13-5-4-11(19(20)21)7-12(13)14(15)16/h4-5,7,9-10,14,17-18H,2-3,6,8H2,1H3. The molecule has 0 aromatic heterocycles. The molecule has 0 bridgehead atoms. The van der Waals surface area contributed by atoms with E-state index >= 15 is 0 Å². The Balaban J connectivity index is 2.16. The summed E-state index contributed by atoms with van der Waals surface area (Å²) in [5, 5.41) is 17.1. The van der Waals surface area contributed by atoms with Crippen LogP contribution in [0.1, 0.15) is 31.8 Å². The maximum Gasteiger partial charge on any atom is 0.270 e. The molecule has 2 N–H and O–H groups in total. The third kappa shape index (κ3) is 3.87. The summed E-state index contributed by atoms with van der Waals surface area (Å²) in [6.07, 6.45) is -0.638. The Bertz CT molecular complexity index is 505. The molecule has 0 saturated carbocycles. The Kier molecular flexibility index (Phi) is 5.06. The van der Waals surface area contributed by atoms with E-state index in [9.17, 15) is 18.9 Å². The number of hydrogen-bond donors (Lipinski definition) is 2. The Morgan fingerprint density at radius 1 is 1.48 bits per heavy atom. The monoisotopic (exact) mass is 299 g/mol. The SMILES string of the molecule is CC(Nc1ccc([N+](=O)[O-])cc1C(F)F)C1CCCNC1. The second kappa shape index (κ2) is 6.80. The number of nitro benzene ring substituents is 1. The van der Waals surface area contributed by atoms with Gasteiger partial charge in [-0.3, -0.25) is 10.1 Å². The van der Waals surface area contributed by atoms with Crippen molar-refractivity contribution in [2.45, 2.75) is 32.2 Å². The van der Waals surface area contributed by atoms with Gasteiger partial charge in [-0.15, -0.1) is 0 Å². The van der Waals surface area contributed by atoms with Crippen LogP contribution in [0.3, 0.4) is 0 Å². The summed E-state index contributed by atoms with van der Waals surface area (Å²) in [5.41, 5.74) is -0.365. The van der Waals surface area contributed by atoms with E-state index in [1.807, 2.05) is 6.92 Å². The molecule has 2 atom stereocenters. The van der Waals surface area contributed by atoms with Crippen LogP contribution in [0, 0.1) is 16.0 Å². The van der Waals surface area contributed by atoms with Gasteiger partial charge in [0.25, 0.3) is 12.1 Å². The number of nitrogens with zero attached hydrogens (tertiary/aromatic N) is 1. The van der Waals surface area contributed by atoms with Gasteiger partial charge >= 0.3 is 0 Å². The lowest BCUT2D eigenvalue weighted by Gasteiger charge is -2.30. The molecule has 0 spiro atoms. The van der Waals surface area contributed by atoms with Crippen molar-refractivity contribution in [2.24, 2.45) is 5.92 Å². The molecule has 1 saturated heterocycles. The largest absolute Gasteiger partial charge is 0.382 e. The number of non-ortho nitro benzene ring substituents is 1. The van der Waals surface area contributed by atoms with Crippen LogP contribution in [0.2, 0.25) is 0 Å². The second-order valence-corrected chi connectivity index (χ2v) is 5.37. The van der Waals surface area contributed by atoms with Crippen molar-refractivity contribution in [1.82, 2.24) is 5.32 Å². The fourth-order valence-corrected chi connectivity index (χ4v) is 2.64. The van der Waals surface area contributed by atoms with Gasteiger partial charge in [-0.25, -0.2) is 8.78 Å².